The number of methoxy groups -OCH3 is 1. The van der Waals surface area contributed by atoms with Gasteiger partial charge in [-0.05, 0) is 18.8 Å². The van der Waals surface area contributed by atoms with Crippen LogP contribution in [0.25, 0.3) is 0 Å². The molecule has 2 heteroatoms. The van der Waals surface area contributed by atoms with Crippen molar-refractivity contribution in [2.75, 3.05) is 26.8 Å². The van der Waals surface area contributed by atoms with Crippen LogP contribution in [0, 0.1) is 5.92 Å². The summed E-state index contributed by atoms with van der Waals surface area (Å²) in [6.45, 7) is 7.15. The minimum atomic E-state index is 0.754. The molecular weight excluding hydrogens is 162 g/mol. The summed E-state index contributed by atoms with van der Waals surface area (Å²) in [6, 6.07) is 0. The molecule has 13 heavy (non-hydrogen) atoms. The Morgan fingerprint density at radius 2 is 2.00 bits per heavy atom. The number of hydrogen-bond donors (Lipinski definition) is 1. The SMILES string of the molecule is CCC(C=CCNCCOC)CC. The minimum absolute atomic E-state index is 0.754. The zero-order chi connectivity index (χ0) is 9.94. The summed E-state index contributed by atoms with van der Waals surface area (Å²) in [5.74, 6) is 0.754. The molecule has 0 aromatic rings. The van der Waals surface area contributed by atoms with Crippen LogP contribution in [0.15, 0.2) is 12.2 Å². The zero-order valence-electron chi connectivity index (χ0n) is 9.18. The Bertz CT molecular complexity index is 119. The first-order chi connectivity index (χ1) is 6.35. The van der Waals surface area contributed by atoms with Gasteiger partial charge in [-0.1, -0.05) is 26.0 Å². The summed E-state index contributed by atoms with van der Waals surface area (Å²) in [5.41, 5.74) is 0. The van der Waals surface area contributed by atoms with Crippen molar-refractivity contribution in [2.45, 2.75) is 26.7 Å². The van der Waals surface area contributed by atoms with Crippen molar-refractivity contribution in [3.05, 3.63) is 12.2 Å². The second-order valence-electron chi connectivity index (χ2n) is 3.20. The van der Waals surface area contributed by atoms with E-state index in [0.29, 0.717) is 0 Å². The van der Waals surface area contributed by atoms with Gasteiger partial charge in [0.2, 0.25) is 0 Å². The van der Waals surface area contributed by atoms with Crippen LogP contribution in [0.4, 0.5) is 0 Å². The Balaban J connectivity index is 3.28. The average Bonchev–Trinajstić information content (AvgIpc) is 2.17. The highest BCUT2D eigenvalue weighted by Gasteiger charge is 1.95. The Hall–Kier alpha value is -0.340. The van der Waals surface area contributed by atoms with Gasteiger partial charge in [0.05, 0.1) is 6.61 Å². The van der Waals surface area contributed by atoms with Gasteiger partial charge in [-0.15, -0.1) is 0 Å². The van der Waals surface area contributed by atoms with E-state index in [4.69, 9.17) is 4.74 Å². The van der Waals surface area contributed by atoms with Gasteiger partial charge in [-0.25, -0.2) is 0 Å². The smallest absolute Gasteiger partial charge is 0.0587 e. The number of hydrogen-bond acceptors (Lipinski definition) is 2. The Labute approximate surface area is 82.4 Å². The van der Waals surface area contributed by atoms with Crippen molar-refractivity contribution in [3.63, 3.8) is 0 Å². The largest absolute Gasteiger partial charge is 0.383 e. The lowest BCUT2D eigenvalue weighted by atomic mass is 10.0. The molecule has 0 fully saturated rings. The van der Waals surface area contributed by atoms with E-state index in [1.54, 1.807) is 7.11 Å². The maximum atomic E-state index is 4.93. The summed E-state index contributed by atoms with van der Waals surface area (Å²) >= 11 is 0. The van der Waals surface area contributed by atoms with Crippen molar-refractivity contribution in [1.29, 1.82) is 0 Å². The molecule has 0 spiro atoms. The number of rotatable bonds is 8. The van der Waals surface area contributed by atoms with E-state index in [1.165, 1.54) is 12.8 Å². The zero-order valence-corrected chi connectivity index (χ0v) is 9.18. The van der Waals surface area contributed by atoms with Crippen molar-refractivity contribution >= 4 is 0 Å². The molecule has 0 saturated heterocycles. The van der Waals surface area contributed by atoms with Gasteiger partial charge in [0, 0.05) is 20.2 Å². The molecule has 0 radical (unpaired) electrons. The maximum Gasteiger partial charge on any atom is 0.0587 e. The molecule has 0 atom stereocenters. The van der Waals surface area contributed by atoms with Gasteiger partial charge in [-0.3, -0.25) is 0 Å². The van der Waals surface area contributed by atoms with Gasteiger partial charge >= 0.3 is 0 Å². The van der Waals surface area contributed by atoms with E-state index < -0.39 is 0 Å². The Morgan fingerprint density at radius 3 is 2.54 bits per heavy atom. The van der Waals surface area contributed by atoms with E-state index in [1.807, 2.05) is 0 Å². The van der Waals surface area contributed by atoms with Crippen molar-refractivity contribution in [2.24, 2.45) is 5.92 Å². The molecule has 0 amide bonds. The minimum Gasteiger partial charge on any atom is -0.383 e. The van der Waals surface area contributed by atoms with Crippen LogP contribution in [-0.4, -0.2) is 26.8 Å². The summed E-state index contributed by atoms with van der Waals surface area (Å²) < 4.78 is 4.93. The fourth-order valence-electron chi connectivity index (χ4n) is 1.18. The second kappa shape index (κ2) is 9.75. The van der Waals surface area contributed by atoms with E-state index in [0.717, 1.165) is 25.6 Å². The molecule has 0 aromatic carbocycles. The standard InChI is InChI=1S/C11H23NO/c1-4-11(5-2)7-6-8-12-9-10-13-3/h6-7,11-12H,4-5,8-10H2,1-3H3. The fraction of sp³-hybridized carbons (Fsp3) is 0.818. The molecule has 0 heterocycles. The molecule has 1 N–H and O–H groups in total. The number of ether oxygens (including phenoxy) is 1. The first-order valence-electron chi connectivity index (χ1n) is 5.21. The molecule has 78 valence electrons. The molecule has 0 aromatic heterocycles. The molecular formula is C11H23NO. The lowest BCUT2D eigenvalue weighted by Gasteiger charge is -2.05. The summed E-state index contributed by atoms with van der Waals surface area (Å²) in [5, 5.41) is 3.28. The molecule has 0 saturated carbocycles. The van der Waals surface area contributed by atoms with Gasteiger partial charge < -0.3 is 10.1 Å². The second-order valence-corrected chi connectivity index (χ2v) is 3.20. The normalized spacial score (nSPS) is 11.7. The van der Waals surface area contributed by atoms with Crippen LogP contribution < -0.4 is 5.32 Å². The van der Waals surface area contributed by atoms with E-state index >= 15 is 0 Å². The van der Waals surface area contributed by atoms with Gasteiger partial charge in [-0.2, -0.15) is 0 Å². The van der Waals surface area contributed by atoms with Crippen LogP contribution in [0.1, 0.15) is 26.7 Å². The Morgan fingerprint density at radius 1 is 1.31 bits per heavy atom. The van der Waals surface area contributed by atoms with Crippen LogP contribution in [0.2, 0.25) is 0 Å². The predicted molar refractivity (Wildman–Crippen MR) is 58.0 cm³/mol. The third-order valence-corrected chi connectivity index (χ3v) is 2.20. The predicted octanol–water partition coefficient (Wildman–Crippen LogP) is 2.21. The third kappa shape index (κ3) is 8.00. The maximum absolute atomic E-state index is 4.93. The highest BCUT2D eigenvalue weighted by Crippen LogP contribution is 2.07. The first kappa shape index (κ1) is 12.7. The first-order valence-corrected chi connectivity index (χ1v) is 5.21. The van der Waals surface area contributed by atoms with Crippen LogP contribution in [0.3, 0.4) is 0 Å². The van der Waals surface area contributed by atoms with Gasteiger partial charge in [0.25, 0.3) is 0 Å². The van der Waals surface area contributed by atoms with Crippen molar-refractivity contribution in [3.8, 4) is 0 Å². The summed E-state index contributed by atoms with van der Waals surface area (Å²) in [4.78, 5) is 0. The number of allylic oxidation sites excluding steroid dienone is 1. The number of nitrogens with one attached hydrogen (secondary N) is 1. The quantitative estimate of drug-likeness (QED) is 0.462. The average molecular weight is 185 g/mol. The summed E-state index contributed by atoms with van der Waals surface area (Å²) in [7, 11) is 1.72. The molecule has 0 rings (SSSR count). The van der Waals surface area contributed by atoms with E-state index in [2.05, 4.69) is 31.3 Å². The lowest BCUT2D eigenvalue weighted by Crippen LogP contribution is -2.18. The van der Waals surface area contributed by atoms with Crippen molar-refractivity contribution in [1.82, 2.24) is 5.32 Å². The topological polar surface area (TPSA) is 21.3 Å². The van der Waals surface area contributed by atoms with Gasteiger partial charge in [0.15, 0.2) is 0 Å². The van der Waals surface area contributed by atoms with Crippen LogP contribution in [-0.2, 0) is 4.74 Å². The fourth-order valence-corrected chi connectivity index (χ4v) is 1.18. The lowest BCUT2D eigenvalue weighted by molar-refractivity contribution is 0.200. The molecule has 0 aliphatic heterocycles. The highest BCUT2D eigenvalue weighted by atomic mass is 16.5. The molecule has 0 unspecified atom stereocenters. The van der Waals surface area contributed by atoms with Crippen molar-refractivity contribution < 1.29 is 4.74 Å². The molecule has 0 aliphatic carbocycles. The van der Waals surface area contributed by atoms with Crippen LogP contribution in [0.5, 0.6) is 0 Å². The Kier molecular flexibility index (Phi) is 9.49. The highest BCUT2D eigenvalue weighted by molar-refractivity contribution is 4.88. The van der Waals surface area contributed by atoms with E-state index in [-0.39, 0.29) is 0 Å². The summed E-state index contributed by atoms with van der Waals surface area (Å²) in [6.07, 6.45) is 7.00. The third-order valence-electron chi connectivity index (χ3n) is 2.20. The molecule has 0 aliphatic rings. The van der Waals surface area contributed by atoms with E-state index in [9.17, 15) is 0 Å². The monoisotopic (exact) mass is 185 g/mol. The van der Waals surface area contributed by atoms with Crippen LogP contribution >= 0.6 is 0 Å². The molecule has 2 nitrogen and oxygen atoms in total. The van der Waals surface area contributed by atoms with Gasteiger partial charge in [0.1, 0.15) is 0 Å². The molecule has 0 bridgehead atoms.